The van der Waals surface area contributed by atoms with E-state index in [0.29, 0.717) is 6.61 Å². The lowest BCUT2D eigenvalue weighted by molar-refractivity contribution is -0.115. The summed E-state index contributed by atoms with van der Waals surface area (Å²) in [6.45, 7) is 9.80. The molecular formula is C14H30N2O2. The van der Waals surface area contributed by atoms with Crippen molar-refractivity contribution < 1.29 is 9.47 Å². The van der Waals surface area contributed by atoms with Crippen LogP contribution < -0.4 is 11.3 Å². The van der Waals surface area contributed by atoms with Crippen molar-refractivity contribution in [2.24, 2.45) is 11.8 Å². The Bertz CT molecular complexity index is 226. The van der Waals surface area contributed by atoms with Gasteiger partial charge in [0.15, 0.2) is 0 Å². The van der Waals surface area contributed by atoms with Crippen molar-refractivity contribution in [3.05, 3.63) is 0 Å². The number of ether oxygens (including phenoxy) is 2. The molecule has 1 aliphatic rings. The van der Waals surface area contributed by atoms with Gasteiger partial charge in [-0.15, -0.1) is 0 Å². The Hall–Kier alpha value is -0.160. The summed E-state index contributed by atoms with van der Waals surface area (Å²) in [5.74, 6) is 6.52. The van der Waals surface area contributed by atoms with Crippen molar-refractivity contribution in [1.29, 1.82) is 0 Å². The van der Waals surface area contributed by atoms with Crippen molar-refractivity contribution >= 4 is 0 Å². The van der Waals surface area contributed by atoms with E-state index in [-0.39, 0.29) is 17.7 Å². The minimum Gasteiger partial charge on any atom is -0.377 e. The molecule has 0 aromatic heterocycles. The molecule has 108 valence electrons. The van der Waals surface area contributed by atoms with Crippen LogP contribution in [-0.4, -0.2) is 31.0 Å². The van der Waals surface area contributed by atoms with Crippen LogP contribution in [0.3, 0.4) is 0 Å². The zero-order valence-electron chi connectivity index (χ0n) is 12.4. The average Bonchev–Trinajstić information content (AvgIpc) is 2.33. The lowest BCUT2D eigenvalue weighted by Crippen LogP contribution is -2.58. The van der Waals surface area contributed by atoms with E-state index in [1.165, 1.54) is 12.8 Å². The zero-order chi connectivity index (χ0) is 13.6. The SMILES string of the molecule is CCOC1(C(COC(C)C)NN)CCC(C)CC1. The number of nitrogens with two attached hydrogens (primary N) is 1. The second kappa shape index (κ2) is 7.43. The summed E-state index contributed by atoms with van der Waals surface area (Å²) in [4.78, 5) is 0. The minimum atomic E-state index is -0.148. The molecule has 3 N–H and O–H groups in total. The average molecular weight is 258 g/mol. The first-order chi connectivity index (χ1) is 8.54. The molecule has 0 amide bonds. The summed E-state index contributed by atoms with van der Waals surface area (Å²) >= 11 is 0. The smallest absolute Gasteiger partial charge is 0.0870 e. The van der Waals surface area contributed by atoms with E-state index in [2.05, 4.69) is 19.3 Å². The summed E-state index contributed by atoms with van der Waals surface area (Å²) in [6.07, 6.45) is 4.78. The number of hydrazine groups is 1. The summed E-state index contributed by atoms with van der Waals surface area (Å²) in [5, 5.41) is 0. The zero-order valence-corrected chi connectivity index (χ0v) is 12.4. The fourth-order valence-corrected chi connectivity index (χ4v) is 2.77. The number of nitrogens with one attached hydrogen (secondary N) is 1. The molecule has 0 spiro atoms. The molecule has 0 aliphatic heterocycles. The largest absolute Gasteiger partial charge is 0.377 e. The minimum absolute atomic E-state index is 0.0762. The monoisotopic (exact) mass is 258 g/mol. The first kappa shape index (κ1) is 15.9. The maximum atomic E-state index is 6.08. The molecule has 0 aromatic carbocycles. The van der Waals surface area contributed by atoms with Crippen LogP contribution in [-0.2, 0) is 9.47 Å². The fourth-order valence-electron chi connectivity index (χ4n) is 2.77. The van der Waals surface area contributed by atoms with Gasteiger partial charge in [-0.2, -0.15) is 0 Å². The highest BCUT2D eigenvalue weighted by atomic mass is 16.5. The van der Waals surface area contributed by atoms with Gasteiger partial charge in [0.2, 0.25) is 0 Å². The molecular weight excluding hydrogens is 228 g/mol. The third-order valence-corrected chi connectivity index (χ3v) is 3.98. The summed E-state index contributed by atoms with van der Waals surface area (Å²) in [6, 6.07) is 0.0762. The van der Waals surface area contributed by atoms with E-state index in [0.717, 1.165) is 25.4 Å². The van der Waals surface area contributed by atoms with Gasteiger partial charge in [-0.25, -0.2) is 0 Å². The molecule has 1 fully saturated rings. The third-order valence-electron chi connectivity index (χ3n) is 3.98. The Morgan fingerprint density at radius 1 is 1.33 bits per heavy atom. The van der Waals surface area contributed by atoms with Gasteiger partial charge in [0.25, 0.3) is 0 Å². The van der Waals surface area contributed by atoms with Crippen LogP contribution in [0.15, 0.2) is 0 Å². The molecule has 1 unspecified atom stereocenters. The quantitative estimate of drug-likeness (QED) is 0.543. The lowest BCUT2D eigenvalue weighted by Gasteiger charge is -2.44. The van der Waals surface area contributed by atoms with Gasteiger partial charge in [0, 0.05) is 6.61 Å². The van der Waals surface area contributed by atoms with E-state index in [9.17, 15) is 0 Å². The fraction of sp³-hybridized carbons (Fsp3) is 1.00. The van der Waals surface area contributed by atoms with E-state index >= 15 is 0 Å². The van der Waals surface area contributed by atoms with Crippen molar-refractivity contribution in [3.63, 3.8) is 0 Å². The number of rotatable bonds is 7. The highest BCUT2D eigenvalue weighted by Crippen LogP contribution is 2.37. The van der Waals surface area contributed by atoms with Gasteiger partial charge >= 0.3 is 0 Å². The van der Waals surface area contributed by atoms with Gasteiger partial charge in [-0.05, 0) is 52.4 Å². The van der Waals surface area contributed by atoms with E-state index in [1.54, 1.807) is 0 Å². The van der Waals surface area contributed by atoms with E-state index in [4.69, 9.17) is 15.3 Å². The Labute approximate surface area is 112 Å². The summed E-state index contributed by atoms with van der Waals surface area (Å²) in [5.41, 5.74) is 2.77. The summed E-state index contributed by atoms with van der Waals surface area (Å²) < 4.78 is 11.8. The van der Waals surface area contributed by atoms with Gasteiger partial charge in [0.1, 0.15) is 0 Å². The molecule has 4 heteroatoms. The van der Waals surface area contributed by atoms with E-state index in [1.807, 2.05) is 13.8 Å². The first-order valence-corrected chi connectivity index (χ1v) is 7.25. The maximum absolute atomic E-state index is 6.08. The van der Waals surface area contributed by atoms with Gasteiger partial charge in [0.05, 0.1) is 24.4 Å². The van der Waals surface area contributed by atoms with Crippen molar-refractivity contribution in [3.8, 4) is 0 Å². The van der Waals surface area contributed by atoms with Crippen LogP contribution in [0.4, 0.5) is 0 Å². The molecule has 1 aliphatic carbocycles. The van der Waals surface area contributed by atoms with Crippen LogP contribution in [0, 0.1) is 5.92 Å². The molecule has 4 nitrogen and oxygen atoms in total. The second-order valence-corrected chi connectivity index (χ2v) is 5.78. The molecule has 0 heterocycles. The predicted octanol–water partition coefficient (Wildman–Crippen LogP) is 2.23. The van der Waals surface area contributed by atoms with Crippen LogP contribution >= 0.6 is 0 Å². The number of hydrogen-bond donors (Lipinski definition) is 2. The van der Waals surface area contributed by atoms with Gasteiger partial charge in [-0.1, -0.05) is 6.92 Å². The van der Waals surface area contributed by atoms with Crippen molar-refractivity contribution in [2.75, 3.05) is 13.2 Å². The highest BCUT2D eigenvalue weighted by Gasteiger charge is 2.41. The molecule has 0 saturated heterocycles. The van der Waals surface area contributed by atoms with Crippen LogP contribution in [0.1, 0.15) is 53.4 Å². The second-order valence-electron chi connectivity index (χ2n) is 5.78. The Morgan fingerprint density at radius 2 is 1.94 bits per heavy atom. The molecule has 0 radical (unpaired) electrons. The molecule has 1 atom stereocenters. The van der Waals surface area contributed by atoms with Crippen LogP contribution in [0.2, 0.25) is 0 Å². The van der Waals surface area contributed by atoms with Crippen LogP contribution in [0.25, 0.3) is 0 Å². The molecule has 0 bridgehead atoms. The highest BCUT2D eigenvalue weighted by molar-refractivity contribution is 4.96. The first-order valence-electron chi connectivity index (χ1n) is 7.25. The molecule has 0 aromatic rings. The maximum Gasteiger partial charge on any atom is 0.0870 e. The van der Waals surface area contributed by atoms with Gasteiger partial charge < -0.3 is 9.47 Å². The molecule has 18 heavy (non-hydrogen) atoms. The molecule has 1 saturated carbocycles. The predicted molar refractivity (Wildman–Crippen MR) is 74.2 cm³/mol. The van der Waals surface area contributed by atoms with E-state index < -0.39 is 0 Å². The molecule has 1 rings (SSSR count). The van der Waals surface area contributed by atoms with Crippen molar-refractivity contribution in [1.82, 2.24) is 5.43 Å². The standard InChI is InChI=1S/C14H30N2O2/c1-5-18-14(8-6-12(4)7-9-14)13(16-15)10-17-11(2)3/h11-13,16H,5-10,15H2,1-4H3. The third kappa shape index (κ3) is 4.19. The Kier molecular flexibility index (Phi) is 6.57. The lowest BCUT2D eigenvalue weighted by atomic mass is 9.75. The Balaban J connectivity index is 2.67. The topological polar surface area (TPSA) is 56.5 Å². The Morgan fingerprint density at radius 3 is 2.39 bits per heavy atom. The summed E-state index contributed by atoms with van der Waals surface area (Å²) in [7, 11) is 0. The van der Waals surface area contributed by atoms with Gasteiger partial charge in [-0.3, -0.25) is 11.3 Å². The van der Waals surface area contributed by atoms with Crippen molar-refractivity contribution in [2.45, 2.75) is 71.1 Å². The number of hydrogen-bond acceptors (Lipinski definition) is 4. The van der Waals surface area contributed by atoms with Crippen LogP contribution in [0.5, 0.6) is 0 Å². The normalized spacial score (nSPS) is 30.7.